The second-order valence-electron chi connectivity index (χ2n) is 13.4. The van der Waals surface area contributed by atoms with Gasteiger partial charge < -0.3 is 4.42 Å². The molecule has 0 atom stereocenters. The van der Waals surface area contributed by atoms with Crippen LogP contribution in [0.15, 0.2) is 126 Å². The SMILES string of the molecule is [B]c1c([B])c([B])c2c(-c3ccc(-c4cccc5oc6cc(-c7ccccc7)ccc6c45)cc3)c3c([B])c([B])c([B])c([B])c3c(-c3ccccc3)c2c1[B]. The van der Waals surface area contributed by atoms with E-state index in [-0.39, 0.29) is 43.7 Å². The normalized spacial score (nSPS) is 11.6. The minimum atomic E-state index is 0.176. The first kappa shape index (κ1) is 33.4. The van der Waals surface area contributed by atoms with E-state index in [9.17, 15) is 0 Å². The summed E-state index contributed by atoms with van der Waals surface area (Å²) in [4.78, 5) is 0. The number of hydrogen-bond donors (Lipinski definition) is 0. The van der Waals surface area contributed by atoms with Gasteiger partial charge in [0.05, 0.1) is 0 Å². The summed E-state index contributed by atoms with van der Waals surface area (Å²) in [6.45, 7) is 0. The predicted octanol–water partition coefficient (Wildman–Crippen LogP) is 2.91. The molecule has 0 saturated carbocycles. The van der Waals surface area contributed by atoms with Gasteiger partial charge >= 0.3 is 0 Å². The van der Waals surface area contributed by atoms with E-state index in [0.717, 1.165) is 55.3 Å². The maximum Gasteiger partial charge on any atom is 0.136 e. The Labute approximate surface area is 318 Å². The van der Waals surface area contributed by atoms with Gasteiger partial charge in [-0.2, -0.15) is 0 Å². The summed E-state index contributed by atoms with van der Waals surface area (Å²) in [7, 11) is 53.6. The smallest absolute Gasteiger partial charge is 0.136 e. The van der Waals surface area contributed by atoms with Gasteiger partial charge in [-0.15, -0.1) is 21.9 Å². The van der Waals surface area contributed by atoms with Crippen LogP contribution in [0.25, 0.3) is 88.0 Å². The monoisotopic (exact) mass is 652 g/mol. The summed E-state index contributed by atoms with van der Waals surface area (Å²) in [5.41, 5.74) is 10.6. The van der Waals surface area contributed by atoms with Crippen molar-refractivity contribution >= 4 is 150 Å². The van der Waals surface area contributed by atoms with Gasteiger partial charge in [-0.3, -0.25) is 0 Å². The fourth-order valence-electron chi connectivity index (χ4n) is 7.82. The molecule has 1 aromatic heterocycles. The van der Waals surface area contributed by atoms with E-state index in [4.69, 9.17) is 67.2 Å². The van der Waals surface area contributed by atoms with Gasteiger partial charge in [-0.05, 0) is 84.3 Å². The molecular weight excluding hydrogens is 631 g/mol. The van der Waals surface area contributed by atoms with Crippen molar-refractivity contribution in [3.05, 3.63) is 121 Å². The van der Waals surface area contributed by atoms with Crippen LogP contribution in [0.3, 0.4) is 0 Å². The molecule has 53 heavy (non-hydrogen) atoms. The van der Waals surface area contributed by atoms with Crippen molar-refractivity contribution in [2.24, 2.45) is 0 Å². The molecule has 0 aliphatic heterocycles. The lowest BCUT2D eigenvalue weighted by atomic mass is 9.59. The molecule has 0 bridgehead atoms. The number of hydrogen-bond acceptors (Lipinski definition) is 1. The summed E-state index contributed by atoms with van der Waals surface area (Å²) in [5.74, 6) is 0. The Balaban J connectivity index is 1.32. The largest absolute Gasteiger partial charge is 0.456 e. The summed E-state index contributed by atoms with van der Waals surface area (Å²) in [6, 6.07) is 40.5. The quantitative estimate of drug-likeness (QED) is 0.211. The highest BCUT2D eigenvalue weighted by atomic mass is 16.3. The maximum absolute atomic E-state index is 6.89. The van der Waals surface area contributed by atoms with Crippen LogP contribution in [0.2, 0.25) is 0 Å². The van der Waals surface area contributed by atoms with E-state index in [2.05, 4.69) is 48.5 Å². The first-order chi connectivity index (χ1) is 25.7. The van der Waals surface area contributed by atoms with Gasteiger partial charge in [0.25, 0.3) is 0 Å². The molecule has 0 aliphatic carbocycles. The second kappa shape index (κ2) is 12.6. The van der Waals surface area contributed by atoms with E-state index in [1.807, 2.05) is 72.8 Å². The van der Waals surface area contributed by atoms with Crippen LogP contribution >= 0.6 is 0 Å². The lowest BCUT2D eigenvalue weighted by molar-refractivity contribution is 0.669. The Kier molecular flexibility index (Phi) is 7.97. The lowest BCUT2D eigenvalue weighted by Crippen LogP contribution is -2.50. The van der Waals surface area contributed by atoms with Crippen LogP contribution in [0.5, 0.6) is 0 Å². The molecule has 9 aromatic rings. The number of benzene rings is 8. The van der Waals surface area contributed by atoms with Crippen LogP contribution in [0, 0.1) is 0 Å². The molecule has 9 heteroatoms. The minimum Gasteiger partial charge on any atom is -0.456 e. The third kappa shape index (κ3) is 5.04. The zero-order chi connectivity index (χ0) is 36.7. The van der Waals surface area contributed by atoms with Gasteiger partial charge in [-0.25, -0.2) is 0 Å². The molecule has 226 valence electrons. The molecule has 1 nitrogen and oxygen atoms in total. The van der Waals surface area contributed by atoms with Gasteiger partial charge in [0.2, 0.25) is 0 Å². The van der Waals surface area contributed by atoms with Gasteiger partial charge in [-0.1, -0.05) is 125 Å². The summed E-state index contributed by atoms with van der Waals surface area (Å²) in [5, 5.41) is 4.40. The topological polar surface area (TPSA) is 13.1 Å². The van der Waals surface area contributed by atoms with Crippen LogP contribution in [0.1, 0.15) is 0 Å². The molecule has 8 aromatic carbocycles. The van der Waals surface area contributed by atoms with Crippen molar-refractivity contribution in [2.45, 2.75) is 0 Å². The summed E-state index contributed by atoms with van der Waals surface area (Å²) >= 11 is 0. The molecular formula is C44H20B8O. The van der Waals surface area contributed by atoms with Crippen LogP contribution < -0.4 is 43.7 Å². The van der Waals surface area contributed by atoms with Gasteiger partial charge in [0.15, 0.2) is 0 Å². The molecule has 0 fully saturated rings. The molecule has 9 rings (SSSR count). The number of rotatable bonds is 4. The third-order valence-corrected chi connectivity index (χ3v) is 10.5. The van der Waals surface area contributed by atoms with Crippen LogP contribution in [-0.2, 0) is 0 Å². The van der Waals surface area contributed by atoms with E-state index in [1.54, 1.807) is 0 Å². The third-order valence-electron chi connectivity index (χ3n) is 10.5. The summed E-state index contributed by atoms with van der Waals surface area (Å²) < 4.78 is 6.41. The minimum absolute atomic E-state index is 0.176. The Morgan fingerprint density at radius 1 is 0.302 bits per heavy atom. The summed E-state index contributed by atoms with van der Waals surface area (Å²) in [6.07, 6.45) is 0. The fourth-order valence-corrected chi connectivity index (χ4v) is 7.82. The molecule has 0 amide bonds. The predicted molar refractivity (Wildman–Crippen MR) is 234 cm³/mol. The second-order valence-corrected chi connectivity index (χ2v) is 13.4. The fraction of sp³-hybridized carbons (Fsp3) is 0. The zero-order valence-electron chi connectivity index (χ0n) is 28.6. The number of furan rings is 1. The van der Waals surface area contributed by atoms with E-state index in [1.165, 1.54) is 0 Å². The first-order valence-corrected chi connectivity index (χ1v) is 17.1. The van der Waals surface area contributed by atoms with E-state index < -0.39 is 0 Å². The maximum atomic E-state index is 6.89. The Bertz CT molecular complexity index is 2870. The zero-order valence-corrected chi connectivity index (χ0v) is 28.6. The van der Waals surface area contributed by atoms with Crippen molar-refractivity contribution < 1.29 is 4.42 Å². The van der Waals surface area contributed by atoms with Crippen molar-refractivity contribution in [1.29, 1.82) is 0 Å². The highest BCUT2D eigenvalue weighted by Gasteiger charge is 2.24. The molecule has 0 saturated heterocycles. The van der Waals surface area contributed by atoms with Gasteiger partial charge in [0, 0.05) is 10.8 Å². The molecule has 0 unspecified atom stereocenters. The Morgan fingerprint density at radius 3 is 1.25 bits per heavy atom. The van der Waals surface area contributed by atoms with Crippen LogP contribution in [0.4, 0.5) is 0 Å². The van der Waals surface area contributed by atoms with Crippen molar-refractivity contribution in [1.82, 2.24) is 0 Å². The van der Waals surface area contributed by atoms with Crippen molar-refractivity contribution in [3.63, 3.8) is 0 Å². The highest BCUT2D eigenvalue weighted by Crippen LogP contribution is 2.42. The first-order valence-electron chi connectivity index (χ1n) is 17.1. The van der Waals surface area contributed by atoms with E-state index >= 15 is 0 Å². The molecule has 1 heterocycles. The lowest BCUT2D eigenvalue weighted by Gasteiger charge is -2.28. The Morgan fingerprint density at radius 2 is 0.736 bits per heavy atom. The molecule has 16 radical (unpaired) electrons. The molecule has 0 aliphatic rings. The molecule has 0 N–H and O–H groups in total. The van der Waals surface area contributed by atoms with Crippen molar-refractivity contribution in [2.75, 3.05) is 0 Å². The number of fused-ring (bicyclic) bond motifs is 5. The highest BCUT2D eigenvalue weighted by molar-refractivity contribution is 6.71. The average Bonchev–Trinajstić information content (AvgIpc) is 3.58. The van der Waals surface area contributed by atoms with Crippen molar-refractivity contribution in [3.8, 4) is 44.5 Å². The van der Waals surface area contributed by atoms with E-state index in [0.29, 0.717) is 32.7 Å². The van der Waals surface area contributed by atoms with Crippen LogP contribution in [-0.4, -0.2) is 62.8 Å². The standard InChI is InChI=1S/C44H20B8O/c45-37-33-30(23-10-5-2-6-11-23)34-36(40(48)44(52)42(50)38(34)46)31(35(33)39(47)43(51)41(37)49)24-16-14-22(15-17-24)26-12-7-13-28-32(26)27-19-18-25(20-29(27)53-28)21-8-3-1-4-9-21/h1-20H. The van der Waals surface area contributed by atoms with Gasteiger partial charge in [0.1, 0.15) is 73.9 Å². The molecule has 0 spiro atoms. The average molecular weight is 651 g/mol. The Hall–Kier alpha value is -5.40.